The normalized spacial score (nSPS) is 21.8. The summed E-state index contributed by atoms with van der Waals surface area (Å²) in [6.45, 7) is 5.77. The fourth-order valence-electron chi connectivity index (χ4n) is 6.85. The maximum atomic E-state index is 15.0. The molecule has 3 unspecified atom stereocenters. The van der Waals surface area contributed by atoms with Gasteiger partial charge in [0.15, 0.2) is 9.84 Å². The Morgan fingerprint density at radius 1 is 0.953 bits per heavy atom. The van der Waals surface area contributed by atoms with E-state index in [4.69, 9.17) is 0 Å². The lowest BCUT2D eigenvalue weighted by molar-refractivity contribution is -0.348. The van der Waals surface area contributed by atoms with Gasteiger partial charge in [0.25, 0.3) is 0 Å². The Labute approximate surface area is 247 Å². The molecule has 1 saturated heterocycles. The van der Waals surface area contributed by atoms with Gasteiger partial charge in [0.1, 0.15) is 4.75 Å². The summed E-state index contributed by atoms with van der Waals surface area (Å²) in [6.07, 6.45) is -9.21. The number of alkyl halides is 7. The molecule has 1 fully saturated rings. The van der Waals surface area contributed by atoms with Gasteiger partial charge in [0, 0.05) is 18.0 Å². The Hall–Kier alpha value is -2.63. The average molecular weight is 636 g/mol. The standard InChI is InChI=1S/C31H36F7NO3S/c1-4-6-8-21(7-5-2)27(40)39-18-17-28(43(41,42)24-13-9-20(3)10-14-24)25-15-12-23(19-22(25)11-16-26(28)39)29(32,30(33,34)35)31(36,37)38/h9-10,12-15,19,21,26H,4-8,11,16-18H2,1-3H3. The van der Waals surface area contributed by atoms with Crippen LogP contribution in [0.2, 0.25) is 0 Å². The quantitative estimate of drug-likeness (QED) is 0.262. The van der Waals surface area contributed by atoms with Crippen LogP contribution in [0.25, 0.3) is 0 Å². The van der Waals surface area contributed by atoms with Gasteiger partial charge in [-0.25, -0.2) is 12.8 Å². The maximum absolute atomic E-state index is 15.0. The molecule has 1 aliphatic carbocycles. The zero-order valence-corrected chi connectivity index (χ0v) is 25.1. The van der Waals surface area contributed by atoms with E-state index < -0.39 is 44.2 Å². The van der Waals surface area contributed by atoms with Gasteiger partial charge in [-0.3, -0.25) is 4.79 Å². The second-order valence-electron chi connectivity index (χ2n) is 11.7. The van der Waals surface area contributed by atoms with Crippen molar-refractivity contribution in [3.63, 3.8) is 0 Å². The first-order valence-electron chi connectivity index (χ1n) is 14.5. The van der Waals surface area contributed by atoms with Gasteiger partial charge in [-0.2, -0.15) is 26.3 Å². The third kappa shape index (κ3) is 5.35. The predicted molar refractivity (Wildman–Crippen MR) is 148 cm³/mol. The van der Waals surface area contributed by atoms with Gasteiger partial charge in [0.05, 0.1) is 10.9 Å². The molecule has 0 N–H and O–H groups in total. The average Bonchev–Trinajstić information content (AvgIpc) is 3.35. The topological polar surface area (TPSA) is 54.5 Å². The Bertz CT molecular complexity index is 1420. The highest BCUT2D eigenvalue weighted by molar-refractivity contribution is 7.92. The van der Waals surface area contributed by atoms with E-state index in [1.807, 2.05) is 13.8 Å². The number of unbranched alkanes of at least 4 members (excludes halogenated alkanes) is 1. The molecule has 0 saturated carbocycles. The van der Waals surface area contributed by atoms with Crippen molar-refractivity contribution in [2.45, 2.75) is 106 Å². The number of hydrogen-bond acceptors (Lipinski definition) is 3. The number of benzene rings is 2. The van der Waals surface area contributed by atoms with E-state index >= 15 is 4.39 Å². The van der Waals surface area contributed by atoms with E-state index in [1.165, 1.54) is 12.1 Å². The molecule has 2 aromatic carbocycles. The summed E-state index contributed by atoms with van der Waals surface area (Å²) >= 11 is 0. The first-order chi connectivity index (χ1) is 20.0. The van der Waals surface area contributed by atoms with Crippen LogP contribution in [0.1, 0.15) is 81.0 Å². The third-order valence-corrected chi connectivity index (χ3v) is 11.6. The van der Waals surface area contributed by atoms with Crippen LogP contribution in [0.3, 0.4) is 0 Å². The van der Waals surface area contributed by atoms with E-state index in [0.717, 1.165) is 30.9 Å². The number of rotatable bonds is 9. The Morgan fingerprint density at radius 2 is 1.58 bits per heavy atom. The summed E-state index contributed by atoms with van der Waals surface area (Å²) < 4.78 is 124. The third-order valence-electron chi connectivity index (χ3n) is 9.05. The van der Waals surface area contributed by atoms with E-state index in [9.17, 15) is 39.6 Å². The number of sulfone groups is 1. The highest BCUT2D eigenvalue weighted by Crippen LogP contribution is 2.57. The fourth-order valence-corrected chi connectivity index (χ4v) is 9.21. The van der Waals surface area contributed by atoms with Gasteiger partial charge >= 0.3 is 18.0 Å². The minimum absolute atomic E-state index is 0.00988. The SMILES string of the molecule is CCCCC(CCC)C(=O)N1CCC2(S(=O)(=O)c3ccc(C)cc3)c3ccc(C(F)(C(F)(F)F)C(F)(F)F)cc3CCC12. The van der Waals surface area contributed by atoms with Crippen molar-refractivity contribution in [1.29, 1.82) is 0 Å². The lowest BCUT2D eigenvalue weighted by Gasteiger charge is -2.43. The summed E-state index contributed by atoms with van der Waals surface area (Å²) in [5, 5.41) is 0. The zero-order valence-electron chi connectivity index (χ0n) is 24.3. The van der Waals surface area contributed by atoms with Crippen molar-refractivity contribution in [2.75, 3.05) is 6.54 Å². The first kappa shape index (κ1) is 33.3. The molecule has 4 nitrogen and oxygen atoms in total. The van der Waals surface area contributed by atoms with Gasteiger partial charge in [-0.05, 0) is 62.3 Å². The van der Waals surface area contributed by atoms with Crippen LogP contribution in [0.15, 0.2) is 47.4 Å². The molecule has 43 heavy (non-hydrogen) atoms. The number of halogens is 7. The fraction of sp³-hybridized carbons (Fsp3) is 0.581. The number of aryl methyl sites for hydroxylation is 2. The molecule has 12 heteroatoms. The van der Waals surface area contributed by atoms with E-state index in [1.54, 1.807) is 24.0 Å². The molecule has 1 aliphatic heterocycles. The Balaban J connectivity index is 1.91. The molecule has 2 aromatic rings. The molecule has 3 atom stereocenters. The second kappa shape index (κ2) is 11.7. The largest absolute Gasteiger partial charge is 0.435 e. The van der Waals surface area contributed by atoms with Crippen LogP contribution in [-0.4, -0.2) is 44.2 Å². The monoisotopic (exact) mass is 635 g/mol. The summed E-state index contributed by atoms with van der Waals surface area (Å²) in [5.41, 5.74) is -6.61. The number of hydrogen-bond donors (Lipinski definition) is 0. The molecule has 1 amide bonds. The minimum Gasteiger partial charge on any atom is -0.337 e. The van der Waals surface area contributed by atoms with Crippen molar-refractivity contribution in [3.05, 3.63) is 64.7 Å². The van der Waals surface area contributed by atoms with E-state index in [2.05, 4.69) is 0 Å². The summed E-state index contributed by atoms with van der Waals surface area (Å²) in [5.74, 6) is -0.532. The predicted octanol–water partition coefficient (Wildman–Crippen LogP) is 8.11. The molecular formula is C31H36F7NO3S. The minimum atomic E-state index is -6.30. The summed E-state index contributed by atoms with van der Waals surface area (Å²) in [7, 11) is -4.35. The lowest BCUT2D eigenvalue weighted by atomic mass is 9.76. The molecular weight excluding hydrogens is 599 g/mol. The van der Waals surface area contributed by atoms with E-state index in [0.29, 0.717) is 25.0 Å². The van der Waals surface area contributed by atoms with Crippen molar-refractivity contribution >= 4 is 15.7 Å². The molecule has 0 aromatic heterocycles. The highest BCUT2D eigenvalue weighted by Gasteiger charge is 2.74. The number of fused-ring (bicyclic) bond motifs is 3. The molecule has 0 spiro atoms. The number of nitrogens with zero attached hydrogens (tertiary/aromatic N) is 1. The smallest absolute Gasteiger partial charge is 0.337 e. The Morgan fingerprint density at radius 3 is 2.14 bits per heavy atom. The molecule has 1 heterocycles. The van der Waals surface area contributed by atoms with Crippen molar-refractivity contribution in [1.82, 2.24) is 4.90 Å². The van der Waals surface area contributed by atoms with Gasteiger partial charge < -0.3 is 4.90 Å². The van der Waals surface area contributed by atoms with Crippen LogP contribution >= 0.6 is 0 Å². The van der Waals surface area contributed by atoms with E-state index in [-0.39, 0.29) is 53.7 Å². The highest BCUT2D eigenvalue weighted by atomic mass is 32.2. The maximum Gasteiger partial charge on any atom is 0.435 e. The van der Waals surface area contributed by atoms with Crippen molar-refractivity contribution in [2.24, 2.45) is 5.92 Å². The molecule has 0 radical (unpaired) electrons. The van der Waals surface area contributed by atoms with Crippen LogP contribution < -0.4 is 0 Å². The lowest BCUT2D eigenvalue weighted by Crippen LogP contribution is -2.53. The Kier molecular flexibility index (Phi) is 9.06. The molecule has 4 rings (SSSR count). The van der Waals surface area contributed by atoms with Gasteiger partial charge in [-0.1, -0.05) is 69.0 Å². The van der Waals surface area contributed by atoms with Gasteiger partial charge in [-0.15, -0.1) is 0 Å². The van der Waals surface area contributed by atoms with Crippen LogP contribution in [-0.2, 0) is 31.5 Å². The van der Waals surface area contributed by atoms with Crippen molar-refractivity contribution in [3.8, 4) is 0 Å². The van der Waals surface area contributed by atoms with Crippen LogP contribution in [0.4, 0.5) is 30.7 Å². The number of amides is 1. The number of carbonyl (C=O) groups is 1. The summed E-state index contributed by atoms with van der Waals surface area (Å²) in [4.78, 5) is 15.4. The van der Waals surface area contributed by atoms with Crippen molar-refractivity contribution < 1.29 is 43.9 Å². The number of likely N-dealkylation sites (tertiary alicyclic amines) is 1. The second-order valence-corrected chi connectivity index (χ2v) is 13.9. The number of carbonyl (C=O) groups excluding carboxylic acids is 1. The first-order valence-corrected chi connectivity index (χ1v) is 16.0. The van der Waals surface area contributed by atoms with Crippen LogP contribution in [0, 0.1) is 12.8 Å². The van der Waals surface area contributed by atoms with Gasteiger partial charge in [0.2, 0.25) is 5.91 Å². The molecule has 2 aliphatic rings. The molecule has 0 bridgehead atoms. The summed E-state index contributed by atoms with van der Waals surface area (Å²) in [6, 6.07) is 6.89. The molecule has 238 valence electrons. The van der Waals surface area contributed by atoms with Crippen LogP contribution in [0.5, 0.6) is 0 Å². The zero-order chi connectivity index (χ0) is 32.0.